The van der Waals surface area contributed by atoms with Gasteiger partial charge in [-0.2, -0.15) is 0 Å². The van der Waals surface area contributed by atoms with Crippen LogP contribution in [0.4, 0.5) is 0 Å². The molecule has 13 heavy (non-hydrogen) atoms. The molecule has 0 fully saturated rings. The minimum Gasteiger partial charge on any atom is -0.480 e. The van der Waals surface area contributed by atoms with Gasteiger partial charge in [0.25, 0.3) is 0 Å². The van der Waals surface area contributed by atoms with Crippen molar-refractivity contribution in [3.8, 4) is 0 Å². The summed E-state index contributed by atoms with van der Waals surface area (Å²) in [6.07, 6.45) is 0. The number of ether oxygens (including phenoxy) is 1. The molecule has 0 radical (unpaired) electrons. The number of hydrogen-bond donors (Lipinski definition) is 2. The van der Waals surface area contributed by atoms with E-state index in [1.807, 2.05) is 20.8 Å². The lowest BCUT2D eigenvalue weighted by atomic mass is 9.98. The highest BCUT2D eigenvalue weighted by Gasteiger charge is 2.36. The molecule has 1 atom stereocenters. The molecule has 0 amide bonds. The molecule has 0 heterocycles. The lowest BCUT2D eigenvalue weighted by Crippen LogP contribution is -2.59. The molecule has 0 aromatic rings. The van der Waals surface area contributed by atoms with E-state index in [1.54, 1.807) is 6.92 Å². The lowest BCUT2D eigenvalue weighted by Gasteiger charge is -2.33. The number of carboxylic acids is 1. The first-order valence-electron chi connectivity index (χ1n) is 4.23. The third kappa shape index (κ3) is 4.24. The molecule has 2 N–H and O–H groups in total. The van der Waals surface area contributed by atoms with Gasteiger partial charge in [0.15, 0.2) is 0 Å². The van der Waals surface area contributed by atoms with E-state index in [-0.39, 0.29) is 12.1 Å². The Bertz CT molecular complexity index is 186. The maximum absolute atomic E-state index is 10.9. The first-order chi connectivity index (χ1) is 5.71. The normalized spacial score (nSPS) is 16.7. The summed E-state index contributed by atoms with van der Waals surface area (Å²) in [5, 5.41) is 12.0. The van der Waals surface area contributed by atoms with Crippen molar-refractivity contribution in [3.63, 3.8) is 0 Å². The highest BCUT2D eigenvalue weighted by Crippen LogP contribution is 2.11. The zero-order chi connectivity index (χ0) is 10.7. The van der Waals surface area contributed by atoms with E-state index in [4.69, 9.17) is 9.84 Å². The van der Waals surface area contributed by atoms with Crippen LogP contribution in [0.3, 0.4) is 0 Å². The molecule has 0 aliphatic carbocycles. The fourth-order valence-corrected chi connectivity index (χ4v) is 1.27. The van der Waals surface area contributed by atoms with Gasteiger partial charge < -0.3 is 9.84 Å². The number of carbonyl (C=O) groups is 1. The van der Waals surface area contributed by atoms with E-state index in [9.17, 15) is 4.79 Å². The molecule has 0 saturated heterocycles. The summed E-state index contributed by atoms with van der Waals surface area (Å²) in [5.41, 5.74) is -1.27. The topological polar surface area (TPSA) is 58.6 Å². The molecule has 4 nitrogen and oxygen atoms in total. The maximum Gasteiger partial charge on any atom is 0.326 e. The fraction of sp³-hybridized carbons (Fsp3) is 0.889. The summed E-state index contributed by atoms with van der Waals surface area (Å²) in [4.78, 5) is 10.9. The highest BCUT2D eigenvalue weighted by molar-refractivity contribution is 5.78. The van der Waals surface area contributed by atoms with Crippen LogP contribution >= 0.6 is 0 Å². The van der Waals surface area contributed by atoms with Crippen molar-refractivity contribution in [1.29, 1.82) is 0 Å². The Morgan fingerprint density at radius 1 is 1.38 bits per heavy atom. The molecule has 0 rings (SSSR count). The average Bonchev–Trinajstić information content (AvgIpc) is 1.82. The number of aliphatic carboxylic acids is 1. The van der Waals surface area contributed by atoms with Crippen LogP contribution in [0.5, 0.6) is 0 Å². The van der Waals surface area contributed by atoms with Crippen LogP contribution in [0.2, 0.25) is 0 Å². The van der Waals surface area contributed by atoms with Crippen molar-refractivity contribution in [3.05, 3.63) is 0 Å². The number of methoxy groups -OCH3 is 1. The van der Waals surface area contributed by atoms with Crippen LogP contribution in [0.25, 0.3) is 0 Å². The first-order valence-corrected chi connectivity index (χ1v) is 4.23. The van der Waals surface area contributed by atoms with Gasteiger partial charge >= 0.3 is 5.97 Å². The quantitative estimate of drug-likeness (QED) is 0.688. The molecular weight excluding hydrogens is 170 g/mol. The largest absolute Gasteiger partial charge is 0.480 e. The van der Waals surface area contributed by atoms with Gasteiger partial charge in [0.2, 0.25) is 0 Å². The third-order valence-corrected chi connectivity index (χ3v) is 1.56. The molecule has 0 bridgehead atoms. The van der Waals surface area contributed by atoms with Crippen LogP contribution in [0.1, 0.15) is 27.7 Å². The van der Waals surface area contributed by atoms with Gasteiger partial charge in [0.05, 0.1) is 6.61 Å². The SMILES string of the molecule is COCC(C)(NC(C)(C)C)C(=O)O. The molecule has 0 saturated carbocycles. The molecule has 4 heteroatoms. The van der Waals surface area contributed by atoms with E-state index in [2.05, 4.69) is 5.32 Å². The average molecular weight is 189 g/mol. The van der Waals surface area contributed by atoms with E-state index < -0.39 is 11.5 Å². The second kappa shape index (κ2) is 4.07. The summed E-state index contributed by atoms with van der Waals surface area (Å²) in [6, 6.07) is 0. The van der Waals surface area contributed by atoms with Crippen LogP contribution in [0, 0.1) is 0 Å². The second-order valence-corrected chi connectivity index (χ2v) is 4.45. The summed E-state index contributed by atoms with van der Waals surface area (Å²) in [6.45, 7) is 7.53. The van der Waals surface area contributed by atoms with E-state index in [0.29, 0.717) is 0 Å². The first kappa shape index (κ1) is 12.4. The molecule has 0 spiro atoms. The van der Waals surface area contributed by atoms with Crippen molar-refractivity contribution < 1.29 is 14.6 Å². The van der Waals surface area contributed by atoms with Crippen LogP contribution in [0.15, 0.2) is 0 Å². The van der Waals surface area contributed by atoms with Gasteiger partial charge in [0, 0.05) is 12.6 Å². The van der Waals surface area contributed by atoms with Crippen LogP contribution in [-0.4, -0.2) is 35.9 Å². The van der Waals surface area contributed by atoms with Gasteiger partial charge in [0.1, 0.15) is 5.54 Å². The van der Waals surface area contributed by atoms with Crippen molar-refractivity contribution in [2.75, 3.05) is 13.7 Å². The highest BCUT2D eigenvalue weighted by atomic mass is 16.5. The van der Waals surface area contributed by atoms with Crippen molar-refractivity contribution >= 4 is 5.97 Å². The predicted molar refractivity (Wildman–Crippen MR) is 50.8 cm³/mol. The third-order valence-electron chi connectivity index (χ3n) is 1.56. The number of carboxylic acid groups (broad SMARTS) is 1. The minimum absolute atomic E-state index is 0.152. The smallest absolute Gasteiger partial charge is 0.326 e. The number of hydrogen-bond acceptors (Lipinski definition) is 3. The number of rotatable bonds is 4. The van der Waals surface area contributed by atoms with E-state index in [0.717, 1.165) is 0 Å². The van der Waals surface area contributed by atoms with Gasteiger partial charge in [-0.1, -0.05) is 0 Å². The summed E-state index contributed by atoms with van der Waals surface area (Å²) in [7, 11) is 1.49. The molecule has 78 valence electrons. The Morgan fingerprint density at radius 3 is 2.08 bits per heavy atom. The summed E-state index contributed by atoms with van der Waals surface area (Å²) < 4.78 is 4.87. The monoisotopic (exact) mass is 189 g/mol. The molecule has 0 aromatic carbocycles. The van der Waals surface area contributed by atoms with Gasteiger partial charge in [-0.05, 0) is 27.7 Å². The predicted octanol–water partition coefficient (Wildman–Crippen LogP) is 0.864. The second-order valence-electron chi connectivity index (χ2n) is 4.45. The standard InChI is InChI=1S/C9H19NO3/c1-8(2,3)10-9(4,6-13-5)7(11)12/h10H,6H2,1-5H3,(H,11,12). The van der Waals surface area contributed by atoms with Gasteiger partial charge in [-0.3, -0.25) is 10.1 Å². The van der Waals surface area contributed by atoms with Crippen molar-refractivity contribution in [2.45, 2.75) is 38.8 Å². The fourth-order valence-electron chi connectivity index (χ4n) is 1.27. The Balaban J connectivity index is 4.51. The summed E-state index contributed by atoms with van der Waals surface area (Å²) >= 11 is 0. The molecule has 1 unspecified atom stereocenters. The van der Waals surface area contributed by atoms with E-state index in [1.165, 1.54) is 7.11 Å². The van der Waals surface area contributed by atoms with Gasteiger partial charge in [-0.25, -0.2) is 0 Å². The van der Waals surface area contributed by atoms with Crippen molar-refractivity contribution in [2.24, 2.45) is 0 Å². The summed E-state index contributed by atoms with van der Waals surface area (Å²) in [5.74, 6) is -0.899. The number of nitrogens with one attached hydrogen (secondary N) is 1. The maximum atomic E-state index is 10.9. The van der Waals surface area contributed by atoms with Crippen molar-refractivity contribution in [1.82, 2.24) is 5.32 Å². The molecule has 0 aliphatic heterocycles. The Hall–Kier alpha value is -0.610. The zero-order valence-corrected chi connectivity index (χ0v) is 8.97. The Labute approximate surface area is 79.3 Å². The Morgan fingerprint density at radius 2 is 1.85 bits per heavy atom. The molecular formula is C9H19NO3. The Kier molecular flexibility index (Phi) is 3.88. The molecule has 0 aromatic heterocycles. The van der Waals surface area contributed by atoms with Gasteiger partial charge in [-0.15, -0.1) is 0 Å². The minimum atomic E-state index is -1.02. The van der Waals surface area contributed by atoms with Crippen LogP contribution < -0.4 is 5.32 Å². The van der Waals surface area contributed by atoms with Crippen LogP contribution in [-0.2, 0) is 9.53 Å². The molecule has 0 aliphatic rings. The van der Waals surface area contributed by atoms with E-state index >= 15 is 0 Å². The zero-order valence-electron chi connectivity index (χ0n) is 8.97. The lowest BCUT2D eigenvalue weighted by molar-refractivity contribution is -0.147.